The fraction of sp³-hybridized carbons (Fsp3) is 0.417. The van der Waals surface area contributed by atoms with Crippen LogP contribution in [0.5, 0.6) is 0 Å². The van der Waals surface area contributed by atoms with E-state index in [1.807, 2.05) is 19.1 Å². The van der Waals surface area contributed by atoms with Gasteiger partial charge < -0.3 is 10.0 Å². The van der Waals surface area contributed by atoms with Crippen molar-refractivity contribution in [1.82, 2.24) is 9.47 Å². The second-order valence-electron chi connectivity index (χ2n) is 8.66. The van der Waals surface area contributed by atoms with E-state index in [2.05, 4.69) is 24.0 Å². The number of carbonyl (C=O) groups is 2. The SMILES string of the molecule is CCN1C(=O)C(=c2sc(=Cc3ccc4c(c3)C3CCCC3N4CC)c(=O)n2CC(=O)O)SC1=S. The van der Waals surface area contributed by atoms with Crippen molar-refractivity contribution >= 4 is 68.2 Å². The molecule has 34 heavy (non-hydrogen) atoms. The quantitative estimate of drug-likeness (QED) is 0.612. The van der Waals surface area contributed by atoms with E-state index in [1.165, 1.54) is 40.0 Å². The molecule has 1 saturated heterocycles. The maximum Gasteiger partial charge on any atom is 0.323 e. The number of aromatic nitrogens is 1. The molecule has 10 heteroatoms. The fourth-order valence-electron chi connectivity index (χ4n) is 5.40. The molecule has 1 amide bonds. The van der Waals surface area contributed by atoms with Gasteiger partial charge >= 0.3 is 5.97 Å². The average molecular weight is 516 g/mol. The molecule has 1 N–H and O–H groups in total. The Balaban J connectivity index is 1.65. The lowest BCUT2D eigenvalue weighted by Crippen LogP contribution is -2.35. The number of carbonyl (C=O) groups excluding carboxylic acids is 1. The normalized spacial score (nSPS) is 23.8. The number of carboxylic acid groups (broad SMARTS) is 1. The van der Waals surface area contributed by atoms with Crippen molar-refractivity contribution in [2.75, 3.05) is 18.0 Å². The third-order valence-corrected chi connectivity index (χ3v) is 9.54. The van der Waals surface area contributed by atoms with Crippen LogP contribution in [0.15, 0.2) is 23.0 Å². The average Bonchev–Trinajstić information content (AvgIpc) is 3.52. The van der Waals surface area contributed by atoms with Gasteiger partial charge in [-0.15, -0.1) is 11.3 Å². The number of aliphatic carboxylic acids is 1. The number of thiazole rings is 1. The number of thiocarbonyl (C=S) groups is 1. The van der Waals surface area contributed by atoms with E-state index in [1.54, 1.807) is 0 Å². The summed E-state index contributed by atoms with van der Waals surface area (Å²) in [5.74, 6) is -0.896. The van der Waals surface area contributed by atoms with Gasteiger partial charge in [0.25, 0.3) is 11.5 Å². The Morgan fingerprint density at radius 3 is 2.71 bits per heavy atom. The molecule has 1 saturated carbocycles. The number of hydrogen-bond acceptors (Lipinski definition) is 7. The van der Waals surface area contributed by atoms with Gasteiger partial charge in [0.2, 0.25) is 0 Å². The maximum absolute atomic E-state index is 13.2. The number of hydrogen-bond donors (Lipinski definition) is 1. The van der Waals surface area contributed by atoms with Gasteiger partial charge in [0, 0.05) is 30.7 Å². The molecule has 7 nitrogen and oxygen atoms in total. The van der Waals surface area contributed by atoms with Gasteiger partial charge in [-0.2, -0.15) is 0 Å². The van der Waals surface area contributed by atoms with Gasteiger partial charge in [-0.1, -0.05) is 36.5 Å². The predicted molar refractivity (Wildman–Crippen MR) is 140 cm³/mol. The Morgan fingerprint density at radius 1 is 1.24 bits per heavy atom. The van der Waals surface area contributed by atoms with Crippen LogP contribution in [0, 0.1) is 0 Å². The third-order valence-electron chi connectivity index (χ3n) is 6.84. The Kier molecular flexibility index (Phi) is 6.16. The van der Waals surface area contributed by atoms with Crippen molar-refractivity contribution in [2.24, 2.45) is 0 Å². The lowest BCUT2D eigenvalue weighted by Gasteiger charge is -2.25. The lowest BCUT2D eigenvalue weighted by molar-refractivity contribution is -0.137. The highest BCUT2D eigenvalue weighted by Crippen LogP contribution is 2.49. The van der Waals surface area contributed by atoms with Gasteiger partial charge in [-0.3, -0.25) is 23.9 Å². The summed E-state index contributed by atoms with van der Waals surface area (Å²) in [5, 5.41) is 9.41. The highest BCUT2D eigenvalue weighted by molar-refractivity contribution is 8.30. The first-order valence-corrected chi connectivity index (χ1v) is 13.5. The van der Waals surface area contributed by atoms with Crippen molar-refractivity contribution < 1.29 is 14.7 Å². The highest BCUT2D eigenvalue weighted by Gasteiger charge is 2.40. The van der Waals surface area contributed by atoms with E-state index in [0.29, 0.717) is 36.9 Å². The number of benzene rings is 1. The number of amides is 1. The lowest BCUT2D eigenvalue weighted by atomic mass is 9.96. The second-order valence-corrected chi connectivity index (χ2v) is 11.3. The largest absolute Gasteiger partial charge is 0.480 e. The Bertz CT molecular complexity index is 1390. The maximum atomic E-state index is 13.2. The summed E-state index contributed by atoms with van der Waals surface area (Å²) in [6.07, 6.45) is 5.43. The zero-order chi connectivity index (χ0) is 24.1. The molecule has 1 aliphatic carbocycles. The Morgan fingerprint density at radius 2 is 2.03 bits per heavy atom. The molecule has 1 aromatic carbocycles. The van der Waals surface area contributed by atoms with Crippen LogP contribution < -0.4 is 19.7 Å². The molecule has 2 aliphatic heterocycles. The number of nitrogens with zero attached hydrogens (tertiary/aromatic N) is 3. The van der Waals surface area contributed by atoms with E-state index in [9.17, 15) is 19.5 Å². The minimum absolute atomic E-state index is 0.283. The van der Waals surface area contributed by atoms with Crippen LogP contribution in [0.2, 0.25) is 0 Å². The first kappa shape index (κ1) is 23.3. The summed E-state index contributed by atoms with van der Waals surface area (Å²) in [6.45, 7) is 4.91. The van der Waals surface area contributed by atoms with Crippen LogP contribution in [0.25, 0.3) is 11.0 Å². The van der Waals surface area contributed by atoms with Crippen molar-refractivity contribution in [3.63, 3.8) is 0 Å². The third kappa shape index (κ3) is 3.72. The van der Waals surface area contributed by atoms with E-state index in [4.69, 9.17) is 12.2 Å². The van der Waals surface area contributed by atoms with E-state index in [0.717, 1.165) is 35.2 Å². The molecule has 2 atom stereocenters. The first-order chi connectivity index (χ1) is 16.3. The van der Waals surface area contributed by atoms with E-state index in [-0.39, 0.29) is 5.91 Å². The Hall–Kier alpha value is -2.43. The van der Waals surface area contributed by atoms with Gasteiger partial charge in [0.05, 0.1) is 4.53 Å². The van der Waals surface area contributed by atoms with Crippen LogP contribution in [0.1, 0.15) is 50.2 Å². The van der Waals surface area contributed by atoms with Crippen LogP contribution in [-0.2, 0) is 16.1 Å². The summed E-state index contributed by atoms with van der Waals surface area (Å²) in [5.41, 5.74) is 3.12. The van der Waals surface area contributed by atoms with Crippen molar-refractivity contribution in [1.29, 1.82) is 0 Å². The van der Waals surface area contributed by atoms with Crippen LogP contribution >= 0.6 is 35.3 Å². The molecule has 1 aromatic heterocycles. The number of thioether (sulfide) groups is 1. The van der Waals surface area contributed by atoms with Crippen molar-refractivity contribution in [2.45, 2.75) is 51.6 Å². The fourth-order valence-corrected chi connectivity index (χ4v) is 8.04. The molecule has 5 rings (SSSR count). The van der Waals surface area contributed by atoms with Crippen molar-refractivity contribution in [3.05, 3.63) is 48.9 Å². The van der Waals surface area contributed by atoms with E-state index < -0.39 is 18.1 Å². The number of fused-ring (bicyclic) bond motifs is 3. The molecule has 2 aromatic rings. The molecule has 2 unspecified atom stereocenters. The number of anilines is 1. The Labute approximate surface area is 210 Å². The van der Waals surface area contributed by atoms with Gasteiger partial charge in [0.15, 0.2) is 0 Å². The summed E-state index contributed by atoms with van der Waals surface area (Å²) < 4.78 is 2.36. The van der Waals surface area contributed by atoms with Gasteiger partial charge in [-0.05, 0) is 56.0 Å². The summed E-state index contributed by atoms with van der Waals surface area (Å²) in [7, 11) is 0. The molecule has 178 valence electrons. The highest BCUT2D eigenvalue weighted by atomic mass is 32.2. The van der Waals surface area contributed by atoms with E-state index >= 15 is 0 Å². The van der Waals surface area contributed by atoms with Crippen molar-refractivity contribution in [3.8, 4) is 0 Å². The first-order valence-electron chi connectivity index (χ1n) is 11.5. The molecule has 0 bridgehead atoms. The molecular formula is C24H25N3O4S3. The molecule has 2 fully saturated rings. The van der Waals surface area contributed by atoms with Gasteiger partial charge in [0.1, 0.15) is 20.4 Å². The predicted octanol–water partition coefficient (Wildman–Crippen LogP) is 2.29. The standard InChI is InChI=1S/C24H25N3O4S3/c1-3-25-16-7-5-6-14(16)15-10-13(8-9-17(15)25)11-18-21(30)27(12-19(28)29)23(33-18)20-22(31)26(4-2)24(32)34-20/h8-11,14,16H,3-7,12H2,1-2H3,(H,28,29). The monoisotopic (exact) mass is 515 g/mol. The van der Waals surface area contributed by atoms with Crippen LogP contribution in [-0.4, -0.2) is 49.9 Å². The summed E-state index contributed by atoms with van der Waals surface area (Å²) in [4.78, 5) is 41.9. The number of carboxylic acids is 1. The zero-order valence-electron chi connectivity index (χ0n) is 18.9. The molecule has 3 aliphatic rings. The molecule has 3 heterocycles. The molecule has 0 radical (unpaired) electrons. The topological polar surface area (TPSA) is 82.9 Å². The van der Waals surface area contributed by atoms with Crippen LogP contribution in [0.4, 0.5) is 5.69 Å². The zero-order valence-corrected chi connectivity index (χ0v) is 21.4. The summed E-state index contributed by atoms with van der Waals surface area (Å²) >= 11 is 7.58. The van der Waals surface area contributed by atoms with Crippen LogP contribution in [0.3, 0.4) is 0 Å². The smallest absolute Gasteiger partial charge is 0.323 e. The van der Waals surface area contributed by atoms with Gasteiger partial charge in [-0.25, -0.2) is 0 Å². The minimum atomic E-state index is -1.14. The molecular weight excluding hydrogens is 490 g/mol. The number of likely N-dealkylation sites (N-methyl/N-ethyl adjacent to an activating group) is 1. The second kappa shape index (κ2) is 8.98. The number of rotatable bonds is 5. The summed E-state index contributed by atoms with van der Waals surface area (Å²) in [6, 6.07) is 6.88. The minimum Gasteiger partial charge on any atom is -0.480 e. The molecule has 0 spiro atoms.